The number of amides is 2. The average Bonchev–Trinajstić information content (AvgIpc) is 3.05. The molecule has 1 aliphatic rings. The minimum absolute atomic E-state index is 0.0500. The van der Waals surface area contributed by atoms with Gasteiger partial charge in [0, 0.05) is 57.5 Å². The molecule has 16 nitrogen and oxygen atoms in total. The van der Waals surface area contributed by atoms with E-state index in [0.717, 1.165) is 5.56 Å². The van der Waals surface area contributed by atoms with Crippen molar-refractivity contribution < 1.29 is 52.4 Å². The van der Waals surface area contributed by atoms with E-state index >= 15 is 0 Å². The lowest BCUT2D eigenvalue weighted by atomic mass is 9.73. The van der Waals surface area contributed by atoms with Crippen molar-refractivity contribution in [2.45, 2.75) is 70.3 Å². The predicted octanol–water partition coefficient (Wildman–Crippen LogP) is 2.13. The first-order valence-electron chi connectivity index (χ1n) is 16.6. The molecule has 1 saturated heterocycles. The molecule has 0 bridgehead atoms. The Hall–Kier alpha value is -2.85. The second kappa shape index (κ2) is 20.3. The van der Waals surface area contributed by atoms with Gasteiger partial charge in [0.2, 0.25) is 17.3 Å². The number of carbonyl (C=O) groups excluding carboxylic acids is 3. The van der Waals surface area contributed by atoms with Crippen molar-refractivity contribution in [3.63, 3.8) is 0 Å². The van der Waals surface area contributed by atoms with Crippen LogP contribution in [0.3, 0.4) is 0 Å². The van der Waals surface area contributed by atoms with E-state index in [0.29, 0.717) is 58.5 Å². The fraction of sp³-hybridized carbons (Fsp3) is 0.581. The number of rotatable bonds is 17. The Kier molecular flexibility index (Phi) is 16.8. The van der Waals surface area contributed by atoms with E-state index in [1.807, 2.05) is 44.2 Å². The van der Waals surface area contributed by atoms with Crippen molar-refractivity contribution in [1.82, 2.24) is 25.5 Å². The largest absolute Gasteiger partial charge is 0.480 e. The van der Waals surface area contributed by atoms with Gasteiger partial charge < -0.3 is 44.4 Å². The molecule has 6 N–H and O–H groups in total. The quantitative estimate of drug-likeness (QED) is 0.0775. The van der Waals surface area contributed by atoms with Crippen LogP contribution in [0, 0.1) is 11.8 Å². The highest BCUT2D eigenvalue weighted by atomic mass is 31.2. The highest BCUT2D eigenvalue weighted by Gasteiger charge is 2.44. The molecule has 2 heterocycles. The van der Waals surface area contributed by atoms with Crippen molar-refractivity contribution in [2.24, 2.45) is 11.8 Å². The van der Waals surface area contributed by atoms with E-state index in [4.69, 9.17) is 9.31 Å². The first-order chi connectivity index (χ1) is 23.6. The summed E-state index contributed by atoms with van der Waals surface area (Å²) in [5, 5.41) is 4.91. The van der Waals surface area contributed by atoms with Crippen LogP contribution < -0.4 is 10.6 Å². The van der Waals surface area contributed by atoms with E-state index in [1.54, 1.807) is 5.32 Å². The molecule has 2 amide bonds. The summed E-state index contributed by atoms with van der Waals surface area (Å²) in [5.74, 6) is -2.40. The smallest absolute Gasteiger partial charge is 0.410 e. The molecule has 1 aromatic heterocycles. The Balaban J connectivity index is 1.58. The Morgan fingerprint density at radius 2 is 1.60 bits per heavy atom. The van der Waals surface area contributed by atoms with Crippen LogP contribution in [0.5, 0.6) is 0 Å². The van der Waals surface area contributed by atoms with Gasteiger partial charge in [0.25, 0.3) is 0 Å². The van der Waals surface area contributed by atoms with Crippen LogP contribution in [0.4, 0.5) is 0 Å². The molecule has 1 aliphatic heterocycles. The molecule has 1 fully saturated rings. The van der Waals surface area contributed by atoms with Crippen LogP contribution in [0.15, 0.2) is 48.9 Å². The van der Waals surface area contributed by atoms with Crippen molar-refractivity contribution in [1.29, 1.82) is 0 Å². The Morgan fingerprint density at radius 3 is 2.16 bits per heavy atom. The lowest BCUT2D eigenvalue weighted by molar-refractivity contribution is -0.125. The first-order valence-corrected chi connectivity index (χ1v) is 20.0. The number of benzene rings is 1. The Morgan fingerprint density at radius 1 is 0.960 bits per heavy atom. The molecule has 19 heteroatoms. The molecular weight excluding hydrogens is 691 g/mol. The third-order valence-electron chi connectivity index (χ3n) is 7.96. The maximum absolute atomic E-state index is 13.9. The fourth-order valence-corrected chi connectivity index (χ4v) is 7.80. The highest BCUT2D eigenvalue weighted by Crippen LogP contribution is 2.58. The van der Waals surface area contributed by atoms with Crippen LogP contribution in [0.1, 0.15) is 68.4 Å². The van der Waals surface area contributed by atoms with Gasteiger partial charge in [0.1, 0.15) is 5.69 Å². The SMILES string of the molecule is CC(C)C[C@@H](NC(=O)[C@H](CC(=O)c1cnccn1)Cc1ccccc1)B1OCCCN(CCCC(=O)NC(P(=O)(O)O)P(=O)(O)O)CCCO1. The molecule has 276 valence electrons. The summed E-state index contributed by atoms with van der Waals surface area (Å²) in [4.78, 5) is 86.2. The minimum Gasteiger partial charge on any atom is -0.410 e. The van der Waals surface area contributed by atoms with Gasteiger partial charge in [-0.3, -0.25) is 28.5 Å². The summed E-state index contributed by atoms with van der Waals surface area (Å²) < 4.78 is 35.2. The zero-order chi connectivity index (χ0) is 36.7. The molecule has 2 atom stereocenters. The van der Waals surface area contributed by atoms with Gasteiger partial charge in [-0.1, -0.05) is 44.2 Å². The fourth-order valence-electron chi connectivity index (χ4n) is 5.61. The summed E-state index contributed by atoms with van der Waals surface area (Å²) in [5.41, 5.74) is -1.46. The van der Waals surface area contributed by atoms with Crippen molar-refractivity contribution in [3.8, 4) is 0 Å². The first kappa shape index (κ1) is 41.6. The molecule has 0 aliphatic carbocycles. The number of Topliss-reactive ketones (excluding diaryl/α,β-unsaturated/α-hetero) is 1. The molecule has 0 unspecified atom stereocenters. The molecule has 0 radical (unpaired) electrons. The average molecular weight is 740 g/mol. The third-order valence-corrected chi connectivity index (χ3v) is 11.3. The number of aromatic nitrogens is 2. The van der Waals surface area contributed by atoms with Crippen molar-refractivity contribution in [2.75, 3.05) is 32.8 Å². The number of carbonyl (C=O) groups is 3. The van der Waals surface area contributed by atoms with E-state index in [2.05, 4.69) is 20.2 Å². The summed E-state index contributed by atoms with van der Waals surface area (Å²) >= 11 is 0. The maximum atomic E-state index is 13.9. The van der Waals surface area contributed by atoms with Gasteiger partial charge in [-0.25, -0.2) is 4.98 Å². The molecule has 0 spiro atoms. The van der Waals surface area contributed by atoms with Crippen LogP contribution in [-0.2, 0) is 34.4 Å². The second-order valence-corrected chi connectivity index (χ2v) is 16.5. The Bertz CT molecular complexity index is 1430. The summed E-state index contributed by atoms with van der Waals surface area (Å²) in [6, 6.07) is 9.49. The van der Waals surface area contributed by atoms with Gasteiger partial charge in [0.05, 0.1) is 12.1 Å². The maximum Gasteiger partial charge on any atom is 0.480 e. The van der Waals surface area contributed by atoms with Crippen molar-refractivity contribution in [3.05, 3.63) is 60.2 Å². The molecule has 0 saturated carbocycles. The van der Waals surface area contributed by atoms with Crippen molar-refractivity contribution >= 4 is 39.9 Å². The van der Waals surface area contributed by atoms with E-state index < -0.39 is 45.6 Å². The minimum atomic E-state index is -5.27. The molecule has 3 rings (SSSR count). The standard InChI is InChI=1S/C31H48BN5O11P2/c1-23(2)19-28(35-30(40)25(20-24-9-4-3-5-10-24)21-27(38)26-22-33-12-13-34-26)32-47-17-7-15-37(16-8-18-48-32)14-6-11-29(39)36-31(49(41,42)43)50(44,45)46/h3-5,9-10,12-13,22-23,25,28,31H,6-8,11,14-21H2,1-2H3,(H,35,40)(H,36,39)(H2,41,42,43)(H2,44,45,46)/t25-,28+/m0/s1. The zero-order valence-electron chi connectivity index (χ0n) is 28.4. The Labute approximate surface area is 292 Å². The number of hydrogen-bond donors (Lipinski definition) is 6. The predicted molar refractivity (Wildman–Crippen MR) is 185 cm³/mol. The number of nitrogens with one attached hydrogen (secondary N) is 2. The van der Waals surface area contributed by atoms with E-state index in [1.165, 1.54) is 18.6 Å². The number of ketones is 1. The van der Waals surface area contributed by atoms with E-state index in [-0.39, 0.29) is 42.6 Å². The van der Waals surface area contributed by atoms with Crippen LogP contribution in [-0.4, -0.2) is 103 Å². The molecule has 50 heavy (non-hydrogen) atoms. The number of hydrogen-bond acceptors (Lipinski definition) is 10. The monoisotopic (exact) mass is 739 g/mol. The topological polar surface area (TPSA) is 238 Å². The summed E-state index contributed by atoms with van der Waals surface area (Å²) in [7, 11) is -11.3. The van der Waals surface area contributed by atoms with Gasteiger partial charge in [-0.2, -0.15) is 0 Å². The normalized spacial score (nSPS) is 16.5. The second-order valence-electron chi connectivity index (χ2n) is 12.7. The van der Waals surface area contributed by atoms with Gasteiger partial charge >= 0.3 is 22.3 Å². The van der Waals surface area contributed by atoms with Gasteiger partial charge in [0.15, 0.2) is 5.78 Å². The van der Waals surface area contributed by atoms with E-state index in [9.17, 15) is 43.1 Å². The van der Waals surface area contributed by atoms with Gasteiger partial charge in [-0.15, -0.1) is 0 Å². The van der Waals surface area contributed by atoms with Crippen LogP contribution >= 0.6 is 15.2 Å². The highest BCUT2D eigenvalue weighted by molar-refractivity contribution is 7.70. The van der Waals surface area contributed by atoms with Crippen LogP contribution in [0.2, 0.25) is 0 Å². The lowest BCUT2D eigenvalue weighted by Crippen LogP contribution is -2.52. The molecule has 1 aromatic carbocycles. The zero-order valence-corrected chi connectivity index (χ0v) is 30.2. The molecule has 2 aromatic rings. The summed E-state index contributed by atoms with van der Waals surface area (Å²) in [6.45, 7) is 6.40. The third kappa shape index (κ3) is 14.8. The lowest BCUT2D eigenvalue weighted by Gasteiger charge is -2.30. The van der Waals surface area contributed by atoms with Gasteiger partial charge in [-0.05, 0) is 50.1 Å². The molecular formula is C31H48BN5O11P2. The van der Waals surface area contributed by atoms with Crippen LogP contribution in [0.25, 0.3) is 0 Å². The number of nitrogens with zero attached hydrogens (tertiary/aromatic N) is 3. The summed E-state index contributed by atoms with van der Waals surface area (Å²) in [6.07, 6.45) is 6.50.